The SMILES string of the molecule is CCCC1CCC(C(=O)c2cccc(OC3CC3)c2)CC1. The first-order valence-corrected chi connectivity index (χ1v) is 8.57. The Morgan fingerprint density at radius 3 is 2.57 bits per heavy atom. The van der Waals surface area contributed by atoms with Crippen LogP contribution in [-0.4, -0.2) is 11.9 Å². The summed E-state index contributed by atoms with van der Waals surface area (Å²) in [5.74, 6) is 2.27. The summed E-state index contributed by atoms with van der Waals surface area (Å²) in [6.45, 7) is 2.25. The first kappa shape index (κ1) is 14.6. The van der Waals surface area contributed by atoms with Crippen LogP contribution < -0.4 is 4.74 Å². The maximum absolute atomic E-state index is 12.7. The van der Waals surface area contributed by atoms with E-state index in [0.29, 0.717) is 11.9 Å². The number of benzene rings is 1. The second-order valence-electron chi connectivity index (χ2n) is 6.72. The lowest BCUT2D eigenvalue weighted by Crippen LogP contribution is -2.22. The summed E-state index contributed by atoms with van der Waals surface area (Å²) in [5.41, 5.74) is 0.840. The van der Waals surface area contributed by atoms with E-state index in [1.54, 1.807) is 0 Å². The van der Waals surface area contributed by atoms with E-state index >= 15 is 0 Å². The molecule has 0 radical (unpaired) electrons. The molecule has 2 aliphatic rings. The molecule has 2 aliphatic carbocycles. The normalized spacial score (nSPS) is 25.6. The van der Waals surface area contributed by atoms with Gasteiger partial charge in [-0.25, -0.2) is 0 Å². The number of Topliss-reactive ketones (excluding diaryl/α,β-unsaturated/α-hetero) is 1. The number of carbonyl (C=O) groups is 1. The van der Waals surface area contributed by atoms with Crippen molar-refractivity contribution in [2.24, 2.45) is 11.8 Å². The molecule has 0 bridgehead atoms. The Hall–Kier alpha value is -1.31. The molecule has 114 valence electrons. The van der Waals surface area contributed by atoms with Gasteiger partial charge in [-0.15, -0.1) is 0 Å². The molecule has 2 fully saturated rings. The number of ether oxygens (including phenoxy) is 1. The molecule has 2 heteroatoms. The summed E-state index contributed by atoms with van der Waals surface area (Å²) < 4.78 is 5.80. The molecule has 0 aromatic heterocycles. The van der Waals surface area contributed by atoms with Crippen molar-refractivity contribution < 1.29 is 9.53 Å². The topological polar surface area (TPSA) is 26.3 Å². The Morgan fingerprint density at radius 2 is 1.90 bits per heavy atom. The monoisotopic (exact) mass is 286 g/mol. The Labute approximate surface area is 127 Å². The number of carbonyl (C=O) groups excluding carboxylic acids is 1. The molecule has 3 rings (SSSR count). The highest BCUT2D eigenvalue weighted by Crippen LogP contribution is 2.34. The Balaban J connectivity index is 1.59. The van der Waals surface area contributed by atoms with E-state index in [1.807, 2.05) is 24.3 Å². The van der Waals surface area contributed by atoms with Gasteiger partial charge in [-0.3, -0.25) is 4.79 Å². The third-order valence-electron chi connectivity index (χ3n) is 4.86. The van der Waals surface area contributed by atoms with Crippen LogP contribution in [0.4, 0.5) is 0 Å². The minimum atomic E-state index is 0.231. The quantitative estimate of drug-likeness (QED) is 0.687. The lowest BCUT2D eigenvalue weighted by Gasteiger charge is -2.27. The minimum Gasteiger partial charge on any atom is -0.490 e. The minimum absolute atomic E-state index is 0.231. The van der Waals surface area contributed by atoms with Crippen LogP contribution in [0.25, 0.3) is 0 Å². The molecule has 2 nitrogen and oxygen atoms in total. The molecule has 1 aromatic carbocycles. The third kappa shape index (κ3) is 3.87. The highest BCUT2D eigenvalue weighted by molar-refractivity contribution is 5.98. The summed E-state index contributed by atoms with van der Waals surface area (Å²) in [5, 5.41) is 0. The van der Waals surface area contributed by atoms with Gasteiger partial charge >= 0.3 is 0 Å². The van der Waals surface area contributed by atoms with Crippen LogP contribution in [0.15, 0.2) is 24.3 Å². The standard InChI is InChI=1S/C19H26O2/c1-2-4-14-7-9-15(10-8-14)19(20)16-5-3-6-18(13-16)21-17-11-12-17/h3,5-6,13-15,17H,2,4,7-12H2,1H3. The van der Waals surface area contributed by atoms with Gasteiger partial charge in [0.2, 0.25) is 0 Å². The smallest absolute Gasteiger partial charge is 0.166 e. The molecule has 0 aliphatic heterocycles. The maximum Gasteiger partial charge on any atom is 0.166 e. The average molecular weight is 286 g/mol. The van der Waals surface area contributed by atoms with Crippen molar-refractivity contribution in [3.63, 3.8) is 0 Å². The van der Waals surface area contributed by atoms with Gasteiger partial charge in [0.05, 0.1) is 6.10 Å². The van der Waals surface area contributed by atoms with Crippen molar-refractivity contribution in [2.45, 2.75) is 64.4 Å². The van der Waals surface area contributed by atoms with E-state index < -0.39 is 0 Å². The van der Waals surface area contributed by atoms with Gasteiger partial charge in [0, 0.05) is 11.5 Å². The Morgan fingerprint density at radius 1 is 1.14 bits per heavy atom. The van der Waals surface area contributed by atoms with E-state index in [0.717, 1.165) is 42.9 Å². The molecule has 1 aromatic rings. The lowest BCUT2D eigenvalue weighted by atomic mass is 9.77. The van der Waals surface area contributed by atoms with E-state index in [9.17, 15) is 4.79 Å². The Kier molecular flexibility index (Phi) is 4.62. The summed E-state index contributed by atoms with van der Waals surface area (Å²) >= 11 is 0. The molecule has 0 N–H and O–H groups in total. The summed E-state index contributed by atoms with van der Waals surface area (Å²) in [6.07, 6.45) is 9.87. The zero-order chi connectivity index (χ0) is 14.7. The van der Waals surface area contributed by atoms with Crippen molar-refractivity contribution >= 4 is 5.78 Å². The van der Waals surface area contributed by atoms with Gasteiger partial charge in [0.1, 0.15) is 5.75 Å². The number of rotatable bonds is 6. The van der Waals surface area contributed by atoms with E-state index in [4.69, 9.17) is 4.74 Å². The highest BCUT2D eigenvalue weighted by Gasteiger charge is 2.27. The molecule has 2 saturated carbocycles. The van der Waals surface area contributed by atoms with Crippen molar-refractivity contribution in [3.8, 4) is 5.75 Å². The zero-order valence-electron chi connectivity index (χ0n) is 13.0. The summed E-state index contributed by atoms with van der Waals surface area (Å²) in [7, 11) is 0. The molecular formula is C19H26O2. The van der Waals surface area contributed by atoms with Gasteiger partial charge in [-0.2, -0.15) is 0 Å². The fourth-order valence-electron chi connectivity index (χ4n) is 3.46. The van der Waals surface area contributed by atoms with Gasteiger partial charge in [0.25, 0.3) is 0 Å². The average Bonchev–Trinajstić information content (AvgIpc) is 3.32. The molecule has 0 unspecified atom stereocenters. The lowest BCUT2D eigenvalue weighted by molar-refractivity contribution is 0.0869. The zero-order valence-corrected chi connectivity index (χ0v) is 13.0. The van der Waals surface area contributed by atoms with Crippen LogP contribution in [0.2, 0.25) is 0 Å². The predicted molar refractivity (Wildman–Crippen MR) is 84.8 cm³/mol. The molecule has 21 heavy (non-hydrogen) atoms. The van der Waals surface area contributed by atoms with Crippen molar-refractivity contribution in [3.05, 3.63) is 29.8 Å². The van der Waals surface area contributed by atoms with Crippen LogP contribution in [0.5, 0.6) is 5.75 Å². The fourth-order valence-corrected chi connectivity index (χ4v) is 3.46. The van der Waals surface area contributed by atoms with Crippen molar-refractivity contribution in [1.82, 2.24) is 0 Å². The van der Waals surface area contributed by atoms with E-state index in [-0.39, 0.29) is 5.92 Å². The molecular weight excluding hydrogens is 260 g/mol. The predicted octanol–water partition coefficient (Wildman–Crippen LogP) is 5.02. The first-order valence-electron chi connectivity index (χ1n) is 8.57. The maximum atomic E-state index is 12.7. The van der Waals surface area contributed by atoms with Gasteiger partial charge in [0.15, 0.2) is 5.78 Å². The third-order valence-corrected chi connectivity index (χ3v) is 4.86. The van der Waals surface area contributed by atoms with Gasteiger partial charge < -0.3 is 4.74 Å². The first-order chi connectivity index (χ1) is 10.3. The summed E-state index contributed by atoms with van der Waals surface area (Å²) in [6, 6.07) is 7.81. The van der Waals surface area contributed by atoms with Crippen molar-refractivity contribution in [1.29, 1.82) is 0 Å². The van der Waals surface area contributed by atoms with Crippen LogP contribution >= 0.6 is 0 Å². The van der Waals surface area contributed by atoms with Crippen LogP contribution in [0.3, 0.4) is 0 Å². The van der Waals surface area contributed by atoms with Crippen molar-refractivity contribution in [2.75, 3.05) is 0 Å². The molecule has 0 spiro atoms. The fraction of sp³-hybridized carbons (Fsp3) is 0.632. The van der Waals surface area contributed by atoms with E-state index in [2.05, 4.69) is 6.92 Å². The molecule has 0 atom stereocenters. The number of ketones is 1. The van der Waals surface area contributed by atoms with Gasteiger partial charge in [-0.05, 0) is 56.6 Å². The second-order valence-corrected chi connectivity index (χ2v) is 6.72. The highest BCUT2D eigenvalue weighted by atomic mass is 16.5. The second kappa shape index (κ2) is 6.64. The van der Waals surface area contributed by atoms with E-state index in [1.165, 1.54) is 25.7 Å². The largest absolute Gasteiger partial charge is 0.490 e. The van der Waals surface area contributed by atoms with Crippen LogP contribution in [-0.2, 0) is 0 Å². The Bertz CT molecular complexity index is 482. The molecule has 0 heterocycles. The summed E-state index contributed by atoms with van der Waals surface area (Å²) in [4.78, 5) is 12.7. The number of hydrogen-bond donors (Lipinski definition) is 0. The van der Waals surface area contributed by atoms with Gasteiger partial charge in [-0.1, -0.05) is 31.9 Å². The molecule has 0 amide bonds. The number of hydrogen-bond acceptors (Lipinski definition) is 2. The van der Waals surface area contributed by atoms with Crippen LogP contribution in [0, 0.1) is 11.8 Å². The van der Waals surface area contributed by atoms with Crippen LogP contribution in [0.1, 0.15) is 68.6 Å². The molecule has 0 saturated heterocycles.